The Morgan fingerprint density at radius 1 is 1.17 bits per heavy atom. The average molecular weight is 425 g/mol. The van der Waals surface area contributed by atoms with Crippen molar-refractivity contribution in [3.05, 3.63) is 23.7 Å². The molecule has 0 amide bonds. The molecule has 2 aliphatic rings. The zero-order valence-electron chi connectivity index (χ0n) is 17.0. The van der Waals surface area contributed by atoms with Crippen molar-refractivity contribution in [2.24, 2.45) is 0 Å². The van der Waals surface area contributed by atoms with E-state index < -0.39 is 11.7 Å². The Morgan fingerprint density at radius 2 is 1.90 bits per heavy atom. The number of rotatable bonds is 6. The van der Waals surface area contributed by atoms with Gasteiger partial charge in [-0.1, -0.05) is 0 Å². The number of hydrogen-bond donors (Lipinski definition) is 2. The second-order valence-electron chi connectivity index (χ2n) is 7.62. The highest BCUT2D eigenvalue weighted by molar-refractivity contribution is 5.58. The first-order chi connectivity index (χ1) is 14.4. The number of hydrogen-bond acceptors (Lipinski definition) is 7. The number of alkyl halides is 3. The van der Waals surface area contributed by atoms with E-state index in [9.17, 15) is 13.2 Å². The number of nitrogens with zero attached hydrogens (tertiary/aromatic N) is 5. The summed E-state index contributed by atoms with van der Waals surface area (Å²) in [5.41, 5.74) is 0.715. The minimum absolute atomic E-state index is 0.0985. The Labute approximate surface area is 172 Å². The third-order valence-electron chi connectivity index (χ3n) is 5.73. The molecule has 1 saturated heterocycles. The van der Waals surface area contributed by atoms with Crippen LogP contribution in [-0.4, -0.2) is 63.5 Å². The Morgan fingerprint density at radius 3 is 2.57 bits per heavy atom. The molecule has 0 radical (unpaired) electrons. The number of morpholine rings is 1. The molecular weight excluding hydrogens is 399 g/mol. The van der Waals surface area contributed by atoms with Crippen LogP contribution in [0.3, 0.4) is 0 Å². The topological polar surface area (TPSA) is 80.1 Å². The van der Waals surface area contributed by atoms with E-state index in [4.69, 9.17) is 4.74 Å². The summed E-state index contributed by atoms with van der Waals surface area (Å²) in [7, 11) is 0. The first-order valence-corrected chi connectivity index (χ1v) is 10.2. The van der Waals surface area contributed by atoms with Crippen molar-refractivity contribution in [2.75, 3.05) is 43.5 Å². The summed E-state index contributed by atoms with van der Waals surface area (Å²) in [5.74, 6) is -0.138. The van der Waals surface area contributed by atoms with E-state index in [-0.39, 0.29) is 11.8 Å². The summed E-state index contributed by atoms with van der Waals surface area (Å²) in [6.07, 6.45) is 0.0159. The van der Waals surface area contributed by atoms with Crippen LogP contribution in [0.5, 0.6) is 0 Å². The third kappa shape index (κ3) is 4.22. The lowest BCUT2D eigenvalue weighted by Crippen LogP contribution is -2.50. The minimum atomic E-state index is -4.52. The van der Waals surface area contributed by atoms with E-state index in [1.807, 2.05) is 11.6 Å². The van der Waals surface area contributed by atoms with Crippen LogP contribution in [0.15, 0.2) is 12.4 Å². The van der Waals surface area contributed by atoms with Crippen molar-refractivity contribution in [3.63, 3.8) is 0 Å². The summed E-state index contributed by atoms with van der Waals surface area (Å²) < 4.78 is 46.8. The molecule has 1 aliphatic heterocycles. The molecular formula is C19H26F3N7O. The van der Waals surface area contributed by atoms with Gasteiger partial charge in [0.2, 0.25) is 5.95 Å². The highest BCUT2D eigenvalue weighted by Gasteiger charge is 2.37. The van der Waals surface area contributed by atoms with Crippen molar-refractivity contribution in [1.29, 1.82) is 0 Å². The molecule has 164 valence electrons. The number of nitrogens with one attached hydrogen (secondary N) is 2. The number of anilines is 3. The van der Waals surface area contributed by atoms with Crippen molar-refractivity contribution in [2.45, 2.75) is 44.9 Å². The van der Waals surface area contributed by atoms with Gasteiger partial charge in [0.1, 0.15) is 11.4 Å². The van der Waals surface area contributed by atoms with Gasteiger partial charge < -0.3 is 15.4 Å². The van der Waals surface area contributed by atoms with Crippen molar-refractivity contribution >= 4 is 17.5 Å². The molecule has 30 heavy (non-hydrogen) atoms. The van der Waals surface area contributed by atoms with Crippen LogP contribution in [0.25, 0.3) is 0 Å². The largest absolute Gasteiger partial charge is 0.421 e. The normalized spacial score (nSPS) is 22.6. The lowest BCUT2D eigenvalue weighted by atomic mass is 9.85. The van der Waals surface area contributed by atoms with Gasteiger partial charge in [-0.3, -0.25) is 9.58 Å². The van der Waals surface area contributed by atoms with Crippen LogP contribution < -0.4 is 10.6 Å². The summed E-state index contributed by atoms with van der Waals surface area (Å²) in [4.78, 5) is 10.3. The van der Waals surface area contributed by atoms with Crippen LogP contribution >= 0.6 is 0 Å². The molecule has 2 fully saturated rings. The fourth-order valence-electron chi connectivity index (χ4n) is 3.99. The quantitative estimate of drug-likeness (QED) is 0.736. The molecule has 2 aromatic rings. The van der Waals surface area contributed by atoms with Crippen molar-refractivity contribution < 1.29 is 17.9 Å². The van der Waals surface area contributed by atoms with Crippen LogP contribution in [0, 0.1) is 6.92 Å². The monoisotopic (exact) mass is 425 g/mol. The summed E-state index contributed by atoms with van der Waals surface area (Å²) in [6.45, 7) is 7.50. The molecule has 8 nitrogen and oxygen atoms in total. The van der Waals surface area contributed by atoms with Gasteiger partial charge in [0.05, 0.1) is 36.8 Å². The second-order valence-corrected chi connectivity index (χ2v) is 7.62. The van der Waals surface area contributed by atoms with Crippen molar-refractivity contribution in [1.82, 2.24) is 24.6 Å². The molecule has 3 heterocycles. The van der Waals surface area contributed by atoms with Gasteiger partial charge in [-0.2, -0.15) is 23.3 Å². The average Bonchev–Trinajstić information content (AvgIpc) is 3.01. The molecule has 0 unspecified atom stereocenters. The molecule has 0 bridgehead atoms. The van der Waals surface area contributed by atoms with Crippen molar-refractivity contribution in [3.8, 4) is 0 Å². The molecule has 2 N–H and O–H groups in total. The predicted molar refractivity (Wildman–Crippen MR) is 106 cm³/mol. The lowest BCUT2D eigenvalue weighted by Gasteiger charge is -2.44. The van der Waals surface area contributed by atoms with Crippen LogP contribution in [0.4, 0.5) is 30.6 Å². The maximum Gasteiger partial charge on any atom is 0.421 e. The fourth-order valence-corrected chi connectivity index (χ4v) is 3.99. The number of halogens is 3. The first kappa shape index (κ1) is 20.9. The fraction of sp³-hybridized carbons (Fsp3) is 0.632. The minimum Gasteiger partial charge on any atom is -0.379 e. The Kier molecular flexibility index (Phi) is 5.83. The second kappa shape index (κ2) is 8.38. The van der Waals surface area contributed by atoms with E-state index in [2.05, 4.69) is 30.6 Å². The molecule has 1 aliphatic carbocycles. The van der Waals surface area contributed by atoms with E-state index in [1.165, 1.54) is 0 Å². The Balaban J connectivity index is 1.44. The van der Waals surface area contributed by atoms with Crippen LogP contribution in [0.2, 0.25) is 0 Å². The van der Waals surface area contributed by atoms with E-state index in [1.54, 1.807) is 13.1 Å². The molecule has 11 heteroatoms. The Hall–Kier alpha value is -2.40. The molecule has 1 saturated carbocycles. The summed E-state index contributed by atoms with van der Waals surface area (Å²) in [5, 5.41) is 10.2. The van der Waals surface area contributed by atoms with E-state index in [0.29, 0.717) is 24.3 Å². The predicted octanol–water partition coefficient (Wildman–Crippen LogP) is 3.21. The zero-order chi connectivity index (χ0) is 21.3. The third-order valence-corrected chi connectivity index (χ3v) is 5.73. The maximum atomic E-state index is 13.1. The maximum absolute atomic E-state index is 13.1. The van der Waals surface area contributed by atoms with Gasteiger partial charge >= 0.3 is 6.18 Å². The molecule has 0 atom stereocenters. The van der Waals surface area contributed by atoms with Gasteiger partial charge in [-0.25, -0.2) is 4.98 Å². The smallest absolute Gasteiger partial charge is 0.379 e. The van der Waals surface area contributed by atoms with Gasteiger partial charge in [0.25, 0.3) is 0 Å². The standard InChI is InChI=1S/C19H26F3N7O/c1-3-23-17-15(19(20,21)22)10-24-18(27-17)26-16-11-25-29(12(16)2)14-8-13(9-14)28-4-6-30-7-5-28/h10-11,13-14H,3-9H2,1-2H3,(H2,23,24,26,27)/t13-,14-. The molecule has 0 aromatic carbocycles. The summed E-state index contributed by atoms with van der Waals surface area (Å²) >= 11 is 0. The van der Waals surface area contributed by atoms with Gasteiger partial charge in [-0.15, -0.1) is 0 Å². The molecule has 2 aromatic heterocycles. The van der Waals surface area contributed by atoms with Gasteiger partial charge in [-0.05, 0) is 26.7 Å². The van der Waals surface area contributed by atoms with Gasteiger partial charge in [0, 0.05) is 31.9 Å². The van der Waals surface area contributed by atoms with E-state index in [0.717, 1.165) is 51.0 Å². The van der Waals surface area contributed by atoms with E-state index >= 15 is 0 Å². The van der Waals surface area contributed by atoms with Gasteiger partial charge in [0.15, 0.2) is 0 Å². The number of aromatic nitrogens is 4. The van der Waals surface area contributed by atoms with Crippen LogP contribution in [0.1, 0.15) is 37.1 Å². The highest BCUT2D eigenvalue weighted by Crippen LogP contribution is 2.38. The Bertz CT molecular complexity index is 873. The summed E-state index contributed by atoms with van der Waals surface area (Å²) in [6, 6.07) is 0.874. The van der Waals surface area contributed by atoms with Crippen LogP contribution in [-0.2, 0) is 10.9 Å². The highest BCUT2D eigenvalue weighted by atomic mass is 19.4. The number of ether oxygens (including phenoxy) is 1. The lowest BCUT2D eigenvalue weighted by molar-refractivity contribution is -0.137. The molecule has 4 rings (SSSR count). The first-order valence-electron chi connectivity index (χ1n) is 10.2. The molecule has 0 spiro atoms. The SMILES string of the molecule is CCNc1nc(Nc2cnn([C@H]3C[C@H](N4CCOCC4)C3)c2C)ncc1C(F)(F)F. The zero-order valence-corrected chi connectivity index (χ0v) is 17.0.